The predicted molar refractivity (Wildman–Crippen MR) is 104 cm³/mol. The third-order valence-electron chi connectivity index (χ3n) is 4.48. The molecule has 0 fully saturated rings. The van der Waals surface area contributed by atoms with Crippen LogP contribution in [0.3, 0.4) is 0 Å². The molecule has 0 saturated heterocycles. The lowest BCUT2D eigenvalue weighted by molar-refractivity contribution is -0.152. The molecule has 2 N–H and O–H groups in total. The van der Waals surface area contributed by atoms with Gasteiger partial charge in [-0.05, 0) is 45.0 Å². The van der Waals surface area contributed by atoms with Crippen LogP contribution in [-0.2, 0) is 11.0 Å². The summed E-state index contributed by atoms with van der Waals surface area (Å²) in [7, 11) is 0. The van der Waals surface area contributed by atoms with Crippen molar-refractivity contribution < 1.29 is 32.5 Å². The van der Waals surface area contributed by atoms with Crippen LogP contribution in [0.2, 0.25) is 0 Å². The third kappa shape index (κ3) is 5.14. The number of alkyl halides is 3. The minimum absolute atomic E-state index is 0.245. The highest BCUT2D eigenvalue weighted by atomic mass is 19.4. The number of carbonyl (C=O) groups is 1. The van der Waals surface area contributed by atoms with E-state index in [-0.39, 0.29) is 11.4 Å². The number of carboxylic acid groups (broad SMARTS) is 1. The Hall–Kier alpha value is -3.56. The predicted octanol–water partition coefficient (Wildman–Crippen LogP) is 4.54. The van der Waals surface area contributed by atoms with E-state index in [0.717, 1.165) is 12.3 Å². The van der Waals surface area contributed by atoms with Crippen molar-refractivity contribution in [1.29, 1.82) is 0 Å². The van der Waals surface area contributed by atoms with E-state index in [9.17, 15) is 23.1 Å². The molecule has 1 aromatic carbocycles. The normalized spacial score (nSPS) is 13.0. The zero-order valence-electron chi connectivity index (χ0n) is 16.9. The molecule has 2 heterocycles. The Morgan fingerprint density at radius 2 is 1.87 bits per heavy atom. The van der Waals surface area contributed by atoms with Gasteiger partial charge in [0, 0.05) is 24.0 Å². The number of aromatic nitrogens is 3. The number of benzene rings is 1. The van der Waals surface area contributed by atoms with Gasteiger partial charge in [-0.15, -0.1) is 0 Å². The van der Waals surface area contributed by atoms with Gasteiger partial charge in [-0.3, -0.25) is 10.1 Å². The molecule has 31 heavy (non-hydrogen) atoms. The second-order valence-corrected chi connectivity index (χ2v) is 7.29. The van der Waals surface area contributed by atoms with Gasteiger partial charge < -0.3 is 14.6 Å². The van der Waals surface area contributed by atoms with E-state index >= 15 is 0 Å². The minimum Gasteiger partial charge on any atom is -0.479 e. The number of halogens is 3. The minimum atomic E-state index is -4.50. The van der Waals surface area contributed by atoms with Crippen LogP contribution in [0.25, 0.3) is 0 Å². The Balaban J connectivity index is 1.93. The smallest absolute Gasteiger partial charge is 0.417 e. The summed E-state index contributed by atoms with van der Waals surface area (Å²) in [4.78, 5) is 15.3. The van der Waals surface area contributed by atoms with Crippen LogP contribution >= 0.6 is 0 Å². The van der Waals surface area contributed by atoms with Gasteiger partial charge in [0.25, 0.3) is 0 Å². The van der Waals surface area contributed by atoms with Crippen molar-refractivity contribution in [3.63, 3.8) is 0 Å². The van der Waals surface area contributed by atoms with Crippen molar-refractivity contribution in [3.8, 4) is 11.5 Å². The van der Waals surface area contributed by atoms with Crippen LogP contribution in [0.1, 0.15) is 42.5 Å². The summed E-state index contributed by atoms with van der Waals surface area (Å²) in [6.45, 7) is 4.54. The molecule has 3 rings (SSSR count). The SMILES string of the molecule is Cc1n[nH]cc1C(Oc1cccc(OC(C)(C)C(=O)O)c1)c1ccc(C(F)(F)F)cn1. The number of ether oxygens (including phenoxy) is 2. The Labute approximate surface area is 175 Å². The van der Waals surface area contributed by atoms with Gasteiger partial charge in [0.15, 0.2) is 11.7 Å². The highest BCUT2D eigenvalue weighted by Crippen LogP contribution is 2.33. The van der Waals surface area contributed by atoms with Crippen molar-refractivity contribution >= 4 is 5.97 Å². The summed E-state index contributed by atoms with van der Waals surface area (Å²) in [5.74, 6) is -0.571. The van der Waals surface area contributed by atoms with Gasteiger partial charge in [0.2, 0.25) is 0 Å². The number of hydrogen-bond donors (Lipinski definition) is 2. The van der Waals surface area contributed by atoms with Gasteiger partial charge in [0.05, 0.1) is 17.0 Å². The summed E-state index contributed by atoms with van der Waals surface area (Å²) in [6, 6.07) is 8.48. The zero-order chi connectivity index (χ0) is 22.8. The molecule has 0 aliphatic carbocycles. The number of pyridine rings is 1. The first kappa shape index (κ1) is 22.1. The van der Waals surface area contributed by atoms with Gasteiger partial charge >= 0.3 is 12.1 Å². The largest absolute Gasteiger partial charge is 0.479 e. The standard InChI is InChI=1S/C21H20F3N3O4/c1-12-16(11-26-27-12)18(17-8-7-13(10-25-17)21(22,23)24)30-14-5-4-6-15(9-14)31-20(2,3)19(28)29/h4-11,18H,1-3H3,(H,26,27)(H,28,29). The van der Waals surface area contributed by atoms with E-state index in [1.807, 2.05) is 0 Å². The number of aromatic amines is 1. The third-order valence-corrected chi connectivity index (χ3v) is 4.48. The van der Waals surface area contributed by atoms with Crippen LogP contribution in [-0.4, -0.2) is 31.9 Å². The fraction of sp³-hybridized carbons (Fsp3) is 0.286. The number of nitrogens with one attached hydrogen (secondary N) is 1. The molecule has 0 spiro atoms. The molecule has 3 aromatic rings. The first-order chi connectivity index (χ1) is 14.5. The number of nitrogens with zero attached hydrogens (tertiary/aromatic N) is 2. The van der Waals surface area contributed by atoms with Crippen molar-refractivity contribution in [3.05, 3.63) is 71.3 Å². The molecule has 10 heteroatoms. The topological polar surface area (TPSA) is 97.3 Å². The summed E-state index contributed by atoms with van der Waals surface area (Å²) in [5.41, 5.74) is -0.913. The Bertz CT molecular complexity index is 1060. The summed E-state index contributed by atoms with van der Waals surface area (Å²) in [6.07, 6.45) is -3.04. The maximum absolute atomic E-state index is 12.9. The molecular formula is C21H20F3N3O4. The Morgan fingerprint density at radius 1 is 1.16 bits per heavy atom. The summed E-state index contributed by atoms with van der Waals surface area (Å²) < 4.78 is 50.3. The lowest BCUT2D eigenvalue weighted by Crippen LogP contribution is -2.37. The molecular weight excluding hydrogens is 415 g/mol. The molecule has 2 aromatic heterocycles. The van der Waals surface area contributed by atoms with Crippen molar-refractivity contribution in [1.82, 2.24) is 15.2 Å². The van der Waals surface area contributed by atoms with Crippen LogP contribution in [0.4, 0.5) is 13.2 Å². The lowest BCUT2D eigenvalue weighted by Gasteiger charge is -2.23. The van der Waals surface area contributed by atoms with Crippen LogP contribution < -0.4 is 9.47 Å². The summed E-state index contributed by atoms with van der Waals surface area (Å²) >= 11 is 0. The Kier molecular flexibility index (Phi) is 5.92. The average Bonchev–Trinajstić information content (AvgIpc) is 3.11. The van der Waals surface area contributed by atoms with Crippen molar-refractivity contribution in [2.75, 3.05) is 0 Å². The molecule has 0 saturated carbocycles. The molecule has 164 valence electrons. The number of hydrogen-bond acceptors (Lipinski definition) is 5. The molecule has 0 bridgehead atoms. The van der Waals surface area contributed by atoms with Crippen LogP contribution in [0, 0.1) is 6.92 Å². The maximum atomic E-state index is 12.9. The molecule has 0 radical (unpaired) electrons. The van der Waals surface area contributed by atoms with Crippen molar-refractivity contribution in [2.45, 2.75) is 38.7 Å². The van der Waals surface area contributed by atoms with E-state index in [0.29, 0.717) is 17.0 Å². The number of carboxylic acids is 1. The number of aliphatic carboxylic acids is 1. The van der Waals surface area contributed by atoms with Crippen LogP contribution in [0.15, 0.2) is 48.8 Å². The number of rotatable bonds is 7. The first-order valence-electron chi connectivity index (χ1n) is 9.20. The summed E-state index contributed by atoms with van der Waals surface area (Å²) in [5, 5.41) is 16.0. The molecule has 0 aliphatic heterocycles. The molecule has 1 unspecified atom stereocenters. The monoisotopic (exact) mass is 435 g/mol. The fourth-order valence-corrected chi connectivity index (χ4v) is 2.73. The quantitative estimate of drug-likeness (QED) is 0.566. The number of aryl methyl sites for hydroxylation is 1. The average molecular weight is 435 g/mol. The van der Waals surface area contributed by atoms with Crippen molar-refractivity contribution in [2.24, 2.45) is 0 Å². The van der Waals surface area contributed by atoms with E-state index in [2.05, 4.69) is 15.2 Å². The highest BCUT2D eigenvalue weighted by molar-refractivity contribution is 5.76. The van der Waals surface area contributed by atoms with E-state index in [1.54, 1.807) is 31.3 Å². The molecule has 1 atom stereocenters. The van der Waals surface area contributed by atoms with E-state index < -0.39 is 29.4 Å². The zero-order valence-corrected chi connectivity index (χ0v) is 16.9. The first-order valence-corrected chi connectivity index (χ1v) is 9.20. The fourth-order valence-electron chi connectivity index (χ4n) is 2.73. The lowest BCUT2D eigenvalue weighted by atomic mass is 10.1. The van der Waals surface area contributed by atoms with E-state index in [1.165, 1.54) is 26.0 Å². The highest BCUT2D eigenvalue weighted by Gasteiger charge is 2.32. The molecule has 0 amide bonds. The van der Waals surface area contributed by atoms with Gasteiger partial charge in [-0.2, -0.15) is 18.3 Å². The second kappa shape index (κ2) is 8.29. The molecule has 7 nitrogen and oxygen atoms in total. The van der Waals surface area contributed by atoms with Gasteiger partial charge in [0.1, 0.15) is 11.5 Å². The van der Waals surface area contributed by atoms with Crippen LogP contribution in [0.5, 0.6) is 11.5 Å². The maximum Gasteiger partial charge on any atom is 0.417 e. The van der Waals surface area contributed by atoms with E-state index in [4.69, 9.17) is 9.47 Å². The van der Waals surface area contributed by atoms with Gasteiger partial charge in [-0.1, -0.05) is 6.07 Å². The number of H-pyrrole nitrogens is 1. The molecule has 0 aliphatic rings. The Morgan fingerprint density at radius 3 is 2.42 bits per heavy atom. The second-order valence-electron chi connectivity index (χ2n) is 7.29. The van der Waals surface area contributed by atoms with Gasteiger partial charge in [-0.25, -0.2) is 4.79 Å².